The molecule has 3 rings (SSSR count). The standard InChI is InChI=1S/C20H22N2O2/c1-14-7-6-10-18(11-14)21-20(24)17-12-19(23)22(13-17)15(2)16-8-4-3-5-9-16/h3-11,15,17H,12-13H2,1-2H3,(H,21,24)/t15-,17+/m0/s1. The molecule has 0 saturated carbocycles. The molecule has 24 heavy (non-hydrogen) atoms. The van der Waals surface area contributed by atoms with Gasteiger partial charge in [0.2, 0.25) is 11.8 Å². The van der Waals surface area contributed by atoms with Crippen LogP contribution in [0.15, 0.2) is 54.6 Å². The average Bonchev–Trinajstić information content (AvgIpc) is 2.97. The van der Waals surface area contributed by atoms with Crippen LogP contribution in [0.25, 0.3) is 0 Å². The number of nitrogens with one attached hydrogen (secondary N) is 1. The Morgan fingerprint density at radius 3 is 2.62 bits per heavy atom. The van der Waals surface area contributed by atoms with Crippen molar-refractivity contribution in [3.63, 3.8) is 0 Å². The predicted molar refractivity (Wildman–Crippen MR) is 94.5 cm³/mol. The highest BCUT2D eigenvalue weighted by Crippen LogP contribution is 2.29. The molecule has 1 fully saturated rings. The number of hydrogen-bond donors (Lipinski definition) is 1. The first-order valence-electron chi connectivity index (χ1n) is 8.26. The van der Waals surface area contributed by atoms with E-state index in [0.717, 1.165) is 16.8 Å². The molecular weight excluding hydrogens is 300 g/mol. The second-order valence-electron chi connectivity index (χ2n) is 6.39. The second kappa shape index (κ2) is 6.87. The molecule has 1 saturated heterocycles. The van der Waals surface area contributed by atoms with Crippen LogP contribution < -0.4 is 5.32 Å². The zero-order valence-electron chi connectivity index (χ0n) is 14.0. The van der Waals surface area contributed by atoms with Gasteiger partial charge < -0.3 is 10.2 Å². The van der Waals surface area contributed by atoms with E-state index in [1.54, 1.807) is 4.90 Å². The van der Waals surface area contributed by atoms with E-state index >= 15 is 0 Å². The SMILES string of the molecule is Cc1cccc(NC(=O)[C@@H]2CC(=O)N([C@@H](C)c3ccccc3)C2)c1. The molecule has 0 bridgehead atoms. The molecule has 2 aromatic rings. The summed E-state index contributed by atoms with van der Waals surface area (Å²) in [5.41, 5.74) is 2.96. The zero-order chi connectivity index (χ0) is 17.1. The lowest BCUT2D eigenvalue weighted by Crippen LogP contribution is -2.30. The number of nitrogens with zero attached hydrogens (tertiary/aromatic N) is 1. The molecule has 0 unspecified atom stereocenters. The second-order valence-corrected chi connectivity index (χ2v) is 6.39. The summed E-state index contributed by atoms with van der Waals surface area (Å²) in [7, 11) is 0. The first-order valence-corrected chi connectivity index (χ1v) is 8.26. The summed E-state index contributed by atoms with van der Waals surface area (Å²) in [6, 6.07) is 17.6. The maximum absolute atomic E-state index is 12.5. The van der Waals surface area contributed by atoms with Gasteiger partial charge in [-0.15, -0.1) is 0 Å². The highest BCUT2D eigenvalue weighted by atomic mass is 16.2. The third-order valence-corrected chi connectivity index (χ3v) is 4.56. The van der Waals surface area contributed by atoms with Crippen molar-refractivity contribution in [2.45, 2.75) is 26.3 Å². The molecule has 2 atom stereocenters. The van der Waals surface area contributed by atoms with Gasteiger partial charge in [0.25, 0.3) is 0 Å². The molecule has 4 nitrogen and oxygen atoms in total. The van der Waals surface area contributed by atoms with E-state index in [4.69, 9.17) is 0 Å². The van der Waals surface area contributed by atoms with E-state index in [2.05, 4.69) is 5.32 Å². The molecule has 124 valence electrons. The molecule has 2 amide bonds. The van der Waals surface area contributed by atoms with Crippen molar-refractivity contribution in [1.29, 1.82) is 0 Å². The minimum absolute atomic E-state index is 0.0181. The van der Waals surface area contributed by atoms with Crippen LogP contribution in [0, 0.1) is 12.8 Å². The highest BCUT2D eigenvalue weighted by molar-refractivity contribution is 5.97. The quantitative estimate of drug-likeness (QED) is 0.936. The van der Waals surface area contributed by atoms with Crippen LogP contribution in [-0.2, 0) is 9.59 Å². The maximum atomic E-state index is 12.5. The Morgan fingerprint density at radius 1 is 1.17 bits per heavy atom. The van der Waals surface area contributed by atoms with Gasteiger partial charge in [-0.1, -0.05) is 42.5 Å². The third-order valence-electron chi connectivity index (χ3n) is 4.56. The molecule has 0 aliphatic carbocycles. The summed E-state index contributed by atoms with van der Waals surface area (Å²) in [6.07, 6.45) is 0.273. The summed E-state index contributed by atoms with van der Waals surface area (Å²) >= 11 is 0. The monoisotopic (exact) mass is 322 g/mol. The van der Waals surface area contributed by atoms with Gasteiger partial charge >= 0.3 is 0 Å². The fraction of sp³-hybridized carbons (Fsp3) is 0.300. The molecule has 0 radical (unpaired) electrons. The molecule has 1 aliphatic heterocycles. The number of hydrogen-bond acceptors (Lipinski definition) is 2. The topological polar surface area (TPSA) is 49.4 Å². The fourth-order valence-electron chi connectivity index (χ4n) is 3.16. The Morgan fingerprint density at radius 2 is 1.92 bits per heavy atom. The first-order chi connectivity index (χ1) is 11.5. The minimum Gasteiger partial charge on any atom is -0.335 e. The lowest BCUT2D eigenvalue weighted by Gasteiger charge is -2.25. The number of benzene rings is 2. The van der Waals surface area contributed by atoms with Crippen molar-refractivity contribution in [3.05, 3.63) is 65.7 Å². The third kappa shape index (κ3) is 3.48. The highest BCUT2D eigenvalue weighted by Gasteiger charge is 2.36. The Hall–Kier alpha value is -2.62. The number of rotatable bonds is 4. The zero-order valence-corrected chi connectivity index (χ0v) is 14.0. The van der Waals surface area contributed by atoms with Gasteiger partial charge in [-0.3, -0.25) is 9.59 Å². The van der Waals surface area contributed by atoms with Crippen LogP contribution in [0.2, 0.25) is 0 Å². The van der Waals surface area contributed by atoms with Crippen LogP contribution in [0.1, 0.15) is 30.5 Å². The molecule has 1 N–H and O–H groups in total. The van der Waals surface area contributed by atoms with Crippen molar-refractivity contribution < 1.29 is 9.59 Å². The van der Waals surface area contributed by atoms with E-state index < -0.39 is 0 Å². The lowest BCUT2D eigenvalue weighted by atomic mass is 10.1. The van der Waals surface area contributed by atoms with Gasteiger partial charge in [0.05, 0.1) is 12.0 Å². The fourth-order valence-corrected chi connectivity index (χ4v) is 3.16. The number of likely N-dealkylation sites (tertiary alicyclic amines) is 1. The van der Waals surface area contributed by atoms with E-state index in [1.807, 2.05) is 68.4 Å². The van der Waals surface area contributed by atoms with Crippen LogP contribution in [0.5, 0.6) is 0 Å². The van der Waals surface area contributed by atoms with Gasteiger partial charge in [-0.2, -0.15) is 0 Å². The summed E-state index contributed by atoms with van der Waals surface area (Å²) in [5, 5.41) is 2.93. The Kier molecular flexibility index (Phi) is 4.65. The van der Waals surface area contributed by atoms with Gasteiger partial charge in [-0.05, 0) is 37.1 Å². The first kappa shape index (κ1) is 16.2. The predicted octanol–water partition coefficient (Wildman–Crippen LogP) is 3.54. The Labute approximate surface area is 142 Å². The van der Waals surface area contributed by atoms with Crippen LogP contribution >= 0.6 is 0 Å². The molecule has 0 spiro atoms. The number of carbonyl (C=O) groups excluding carboxylic acids is 2. The minimum atomic E-state index is -0.302. The van der Waals surface area contributed by atoms with Gasteiger partial charge in [0.1, 0.15) is 0 Å². The van der Waals surface area contributed by atoms with E-state index in [0.29, 0.717) is 6.54 Å². The summed E-state index contributed by atoms with van der Waals surface area (Å²) in [6.45, 7) is 4.46. The van der Waals surface area contributed by atoms with E-state index in [1.165, 1.54) is 0 Å². The molecule has 4 heteroatoms. The van der Waals surface area contributed by atoms with Gasteiger partial charge in [-0.25, -0.2) is 0 Å². The van der Waals surface area contributed by atoms with Gasteiger partial charge in [0.15, 0.2) is 0 Å². The number of carbonyl (C=O) groups is 2. The largest absolute Gasteiger partial charge is 0.335 e. The summed E-state index contributed by atoms with van der Waals surface area (Å²) < 4.78 is 0. The summed E-state index contributed by atoms with van der Waals surface area (Å²) in [5.74, 6) is -0.350. The molecule has 0 aromatic heterocycles. The average molecular weight is 322 g/mol. The molecule has 1 aliphatic rings. The van der Waals surface area contributed by atoms with Crippen molar-refractivity contribution in [2.24, 2.45) is 5.92 Å². The summed E-state index contributed by atoms with van der Waals surface area (Å²) in [4.78, 5) is 26.6. The van der Waals surface area contributed by atoms with E-state index in [-0.39, 0.29) is 30.2 Å². The van der Waals surface area contributed by atoms with Crippen LogP contribution in [0.4, 0.5) is 5.69 Å². The smallest absolute Gasteiger partial charge is 0.229 e. The Balaban J connectivity index is 1.67. The number of anilines is 1. The number of aryl methyl sites for hydroxylation is 1. The van der Waals surface area contributed by atoms with Crippen LogP contribution in [-0.4, -0.2) is 23.3 Å². The maximum Gasteiger partial charge on any atom is 0.229 e. The van der Waals surface area contributed by atoms with Crippen molar-refractivity contribution in [2.75, 3.05) is 11.9 Å². The molecular formula is C20H22N2O2. The van der Waals surface area contributed by atoms with Crippen LogP contribution in [0.3, 0.4) is 0 Å². The molecule has 1 heterocycles. The Bertz CT molecular complexity index is 742. The number of amides is 2. The van der Waals surface area contributed by atoms with Gasteiger partial charge in [0, 0.05) is 18.7 Å². The van der Waals surface area contributed by atoms with Crippen molar-refractivity contribution >= 4 is 17.5 Å². The van der Waals surface area contributed by atoms with Crippen molar-refractivity contribution in [3.8, 4) is 0 Å². The van der Waals surface area contributed by atoms with E-state index in [9.17, 15) is 9.59 Å². The van der Waals surface area contributed by atoms with Crippen molar-refractivity contribution in [1.82, 2.24) is 4.90 Å². The normalized spacial score (nSPS) is 18.5. The molecule has 2 aromatic carbocycles. The lowest BCUT2D eigenvalue weighted by molar-refractivity contribution is -0.129.